The molecule has 0 amide bonds. The Labute approximate surface area is 139 Å². The van der Waals surface area contributed by atoms with Gasteiger partial charge < -0.3 is 8.82 Å². The first-order valence-electron chi connectivity index (χ1n) is 8.06. The molecule has 0 saturated carbocycles. The first-order valence-corrected chi connectivity index (χ1v) is 8.06. The van der Waals surface area contributed by atoms with Crippen LogP contribution in [-0.4, -0.2) is 9.38 Å². The molecule has 0 saturated heterocycles. The summed E-state index contributed by atoms with van der Waals surface area (Å²) < 4.78 is 8.31. The van der Waals surface area contributed by atoms with Gasteiger partial charge in [0.1, 0.15) is 5.58 Å². The van der Waals surface area contributed by atoms with Crippen LogP contribution in [0.3, 0.4) is 0 Å². The molecule has 5 aromatic rings. The summed E-state index contributed by atoms with van der Waals surface area (Å²) in [6.07, 6.45) is 6.01. The number of pyridine rings is 2. The van der Waals surface area contributed by atoms with Gasteiger partial charge in [0.25, 0.3) is 0 Å². The molecule has 3 heteroatoms. The second-order valence-corrected chi connectivity index (χ2v) is 6.33. The third kappa shape index (κ3) is 1.81. The fourth-order valence-electron chi connectivity index (χ4n) is 3.30. The van der Waals surface area contributed by atoms with E-state index in [4.69, 9.17) is 4.42 Å². The Balaban J connectivity index is 1.86. The molecule has 1 aromatic carbocycles. The minimum absolute atomic E-state index is 0.894. The average molecular weight is 312 g/mol. The van der Waals surface area contributed by atoms with Crippen molar-refractivity contribution in [3.8, 4) is 11.3 Å². The molecule has 3 nitrogen and oxygen atoms in total. The van der Waals surface area contributed by atoms with Crippen molar-refractivity contribution in [1.82, 2.24) is 9.38 Å². The maximum absolute atomic E-state index is 6.22. The molecular formula is C21H16N2O. The summed E-state index contributed by atoms with van der Waals surface area (Å²) in [5.74, 6) is 0. The maximum Gasteiger partial charge on any atom is 0.152 e. The van der Waals surface area contributed by atoms with Crippen molar-refractivity contribution in [3.63, 3.8) is 0 Å². The lowest BCUT2D eigenvalue weighted by Gasteiger charge is -2.05. The molecule has 116 valence electrons. The Hall–Kier alpha value is -3.07. The van der Waals surface area contributed by atoms with Crippen molar-refractivity contribution in [2.24, 2.45) is 0 Å². The van der Waals surface area contributed by atoms with Gasteiger partial charge in [-0.2, -0.15) is 0 Å². The Kier molecular flexibility index (Phi) is 2.63. The van der Waals surface area contributed by atoms with Crippen LogP contribution in [-0.2, 0) is 0 Å². The van der Waals surface area contributed by atoms with E-state index >= 15 is 0 Å². The molecule has 0 radical (unpaired) electrons. The zero-order valence-corrected chi connectivity index (χ0v) is 13.6. The summed E-state index contributed by atoms with van der Waals surface area (Å²) >= 11 is 0. The van der Waals surface area contributed by atoms with Crippen LogP contribution in [0.4, 0.5) is 0 Å². The summed E-state index contributed by atoms with van der Waals surface area (Å²) in [4.78, 5) is 4.61. The Morgan fingerprint density at radius 1 is 0.958 bits per heavy atom. The van der Waals surface area contributed by atoms with Crippen molar-refractivity contribution < 1.29 is 4.42 Å². The summed E-state index contributed by atoms with van der Waals surface area (Å²) in [6, 6.07) is 14.7. The fourth-order valence-corrected chi connectivity index (χ4v) is 3.30. The number of furan rings is 1. The van der Waals surface area contributed by atoms with E-state index in [9.17, 15) is 0 Å². The Bertz CT molecular complexity index is 1230. The van der Waals surface area contributed by atoms with E-state index in [1.165, 1.54) is 16.6 Å². The SMILES string of the molecule is Cc1cnc(-c2cccc3c2oc2cn4cccc4cc23)cc1C. The molecule has 4 heterocycles. The highest BCUT2D eigenvalue weighted by molar-refractivity contribution is 6.10. The first-order chi connectivity index (χ1) is 11.7. The molecule has 0 spiro atoms. The van der Waals surface area contributed by atoms with Gasteiger partial charge in [0, 0.05) is 34.2 Å². The van der Waals surface area contributed by atoms with Crippen molar-refractivity contribution in [2.75, 3.05) is 0 Å². The van der Waals surface area contributed by atoms with Gasteiger partial charge in [0.2, 0.25) is 0 Å². The Morgan fingerprint density at radius 3 is 2.75 bits per heavy atom. The number of hydrogen-bond acceptors (Lipinski definition) is 2. The van der Waals surface area contributed by atoms with Gasteiger partial charge in [0.15, 0.2) is 5.58 Å². The van der Waals surface area contributed by atoms with Crippen LogP contribution in [0, 0.1) is 13.8 Å². The van der Waals surface area contributed by atoms with Crippen LogP contribution >= 0.6 is 0 Å². The van der Waals surface area contributed by atoms with Gasteiger partial charge in [-0.05, 0) is 55.3 Å². The maximum atomic E-state index is 6.22. The highest BCUT2D eigenvalue weighted by Gasteiger charge is 2.14. The molecule has 0 unspecified atom stereocenters. The molecule has 0 bridgehead atoms. The molecule has 0 aliphatic rings. The molecule has 0 fully saturated rings. The van der Waals surface area contributed by atoms with E-state index < -0.39 is 0 Å². The zero-order chi connectivity index (χ0) is 16.3. The van der Waals surface area contributed by atoms with Crippen LogP contribution < -0.4 is 0 Å². The number of nitrogens with zero attached hydrogens (tertiary/aromatic N) is 2. The van der Waals surface area contributed by atoms with E-state index in [-0.39, 0.29) is 0 Å². The Morgan fingerprint density at radius 2 is 1.88 bits per heavy atom. The minimum atomic E-state index is 0.894. The molecule has 4 aromatic heterocycles. The summed E-state index contributed by atoms with van der Waals surface area (Å²) in [5.41, 5.74) is 7.39. The second-order valence-electron chi connectivity index (χ2n) is 6.33. The van der Waals surface area contributed by atoms with Gasteiger partial charge in [-0.3, -0.25) is 4.98 Å². The molecule has 24 heavy (non-hydrogen) atoms. The van der Waals surface area contributed by atoms with Gasteiger partial charge in [-0.25, -0.2) is 0 Å². The molecule has 0 N–H and O–H groups in total. The van der Waals surface area contributed by atoms with Gasteiger partial charge in [-0.15, -0.1) is 0 Å². The van der Waals surface area contributed by atoms with Crippen LogP contribution in [0.15, 0.2) is 65.5 Å². The van der Waals surface area contributed by atoms with E-state index in [2.05, 4.69) is 59.6 Å². The highest BCUT2D eigenvalue weighted by atomic mass is 16.3. The van der Waals surface area contributed by atoms with Crippen LogP contribution in [0.1, 0.15) is 11.1 Å². The van der Waals surface area contributed by atoms with Crippen molar-refractivity contribution in [1.29, 1.82) is 0 Å². The molecule has 5 rings (SSSR count). The van der Waals surface area contributed by atoms with E-state index in [1.807, 2.05) is 24.7 Å². The quantitative estimate of drug-likeness (QED) is 0.408. The predicted octanol–water partition coefficient (Wildman–Crippen LogP) is 5.52. The summed E-state index contributed by atoms with van der Waals surface area (Å²) in [5, 5.41) is 2.27. The van der Waals surface area contributed by atoms with Crippen LogP contribution in [0.5, 0.6) is 0 Å². The number of fused-ring (bicyclic) bond motifs is 4. The van der Waals surface area contributed by atoms with E-state index in [0.717, 1.165) is 33.2 Å². The fraction of sp³-hybridized carbons (Fsp3) is 0.0952. The lowest BCUT2D eigenvalue weighted by molar-refractivity contribution is 0.667. The lowest BCUT2D eigenvalue weighted by Crippen LogP contribution is -1.88. The van der Waals surface area contributed by atoms with Gasteiger partial charge in [-0.1, -0.05) is 12.1 Å². The van der Waals surface area contributed by atoms with E-state index in [0.29, 0.717) is 0 Å². The van der Waals surface area contributed by atoms with Gasteiger partial charge in [0.05, 0.1) is 11.9 Å². The van der Waals surface area contributed by atoms with Crippen LogP contribution in [0.25, 0.3) is 38.7 Å². The number of aryl methyl sites for hydroxylation is 2. The van der Waals surface area contributed by atoms with E-state index in [1.54, 1.807) is 0 Å². The number of hydrogen-bond donors (Lipinski definition) is 0. The van der Waals surface area contributed by atoms with Crippen LogP contribution in [0.2, 0.25) is 0 Å². The lowest BCUT2D eigenvalue weighted by atomic mass is 10.0. The monoisotopic (exact) mass is 312 g/mol. The van der Waals surface area contributed by atoms with Crippen molar-refractivity contribution in [2.45, 2.75) is 13.8 Å². The van der Waals surface area contributed by atoms with Crippen molar-refractivity contribution >= 4 is 27.5 Å². The topological polar surface area (TPSA) is 30.4 Å². The average Bonchev–Trinajstić information content (AvgIpc) is 3.18. The smallest absolute Gasteiger partial charge is 0.152 e. The predicted molar refractivity (Wildman–Crippen MR) is 97.4 cm³/mol. The summed E-state index contributed by atoms with van der Waals surface area (Å²) in [7, 11) is 0. The largest absolute Gasteiger partial charge is 0.454 e. The minimum Gasteiger partial charge on any atom is -0.454 e. The number of rotatable bonds is 1. The number of benzene rings is 1. The molecule has 0 aliphatic heterocycles. The third-order valence-electron chi connectivity index (χ3n) is 4.79. The first kappa shape index (κ1) is 13.4. The summed E-state index contributed by atoms with van der Waals surface area (Å²) in [6.45, 7) is 4.19. The highest BCUT2D eigenvalue weighted by Crippen LogP contribution is 2.35. The number of para-hydroxylation sites is 1. The molecule has 0 atom stereocenters. The second kappa shape index (κ2) is 4.71. The standard InChI is InChI=1S/C21H16N2O/c1-13-9-19(22-11-14(13)2)17-7-3-6-16-18-10-15-5-4-8-23(15)12-20(18)24-21(16)17/h3-12H,1-2H3. The third-order valence-corrected chi connectivity index (χ3v) is 4.79. The normalized spacial score (nSPS) is 11.8. The number of aromatic nitrogens is 2. The van der Waals surface area contributed by atoms with Crippen molar-refractivity contribution in [3.05, 3.63) is 72.2 Å². The molecular weight excluding hydrogens is 296 g/mol. The zero-order valence-electron chi connectivity index (χ0n) is 13.6. The molecule has 0 aliphatic carbocycles. The van der Waals surface area contributed by atoms with Gasteiger partial charge >= 0.3 is 0 Å².